The molecule has 4 heteroatoms. The van der Waals surface area contributed by atoms with Crippen LogP contribution in [0, 0.1) is 0 Å². The largest absolute Gasteiger partial charge is 0.497 e. The van der Waals surface area contributed by atoms with Gasteiger partial charge >= 0.3 is 5.97 Å². The van der Waals surface area contributed by atoms with Gasteiger partial charge in [0.1, 0.15) is 18.5 Å². The maximum atomic E-state index is 11.0. The fourth-order valence-electron chi connectivity index (χ4n) is 1.48. The van der Waals surface area contributed by atoms with Crippen LogP contribution in [0.3, 0.4) is 0 Å². The summed E-state index contributed by atoms with van der Waals surface area (Å²) in [6.45, 7) is 5.96. The number of hydrogen-bond donors (Lipinski definition) is 0. The van der Waals surface area contributed by atoms with Gasteiger partial charge in [-0.3, -0.25) is 0 Å². The van der Waals surface area contributed by atoms with Crippen LogP contribution in [0.25, 0.3) is 0 Å². The highest BCUT2D eigenvalue weighted by atomic mass is 16.6. The van der Waals surface area contributed by atoms with E-state index in [1.54, 1.807) is 7.11 Å². The van der Waals surface area contributed by atoms with Crippen molar-refractivity contribution in [2.24, 2.45) is 0 Å². The van der Waals surface area contributed by atoms with Crippen molar-refractivity contribution in [2.45, 2.75) is 13.0 Å². The molecule has 0 aliphatic carbocycles. The van der Waals surface area contributed by atoms with E-state index in [-0.39, 0.29) is 12.7 Å². The summed E-state index contributed by atoms with van der Waals surface area (Å²) in [4.78, 5) is 11.0. The number of benzene rings is 1. The molecule has 1 unspecified atom stereocenters. The topological polar surface area (TPSA) is 44.8 Å². The zero-order chi connectivity index (χ0) is 13.4. The van der Waals surface area contributed by atoms with Gasteiger partial charge in [0, 0.05) is 12.7 Å². The zero-order valence-corrected chi connectivity index (χ0v) is 10.7. The average molecular weight is 250 g/mol. The molecule has 0 aliphatic heterocycles. The van der Waals surface area contributed by atoms with Crippen LogP contribution in [0.15, 0.2) is 36.9 Å². The Morgan fingerprint density at radius 3 is 2.56 bits per heavy atom. The van der Waals surface area contributed by atoms with Crippen molar-refractivity contribution >= 4 is 5.97 Å². The van der Waals surface area contributed by atoms with Gasteiger partial charge in [0.2, 0.25) is 0 Å². The third-order valence-corrected chi connectivity index (χ3v) is 2.40. The molecule has 1 aromatic carbocycles. The zero-order valence-electron chi connectivity index (χ0n) is 10.7. The van der Waals surface area contributed by atoms with Crippen molar-refractivity contribution in [3.05, 3.63) is 42.5 Å². The fourth-order valence-corrected chi connectivity index (χ4v) is 1.48. The Morgan fingerprint density at radius 1 is 1.39 bits per heavy atom. The van der Waals surface area contributed by atoms with E-state index < -0.39 is 5.97 Å². The SMILES string of the molecule is C=CC(=O)OCC(OCC)c1ccc(OC)cc1. The Kier molecular flexibility index (Phi) is 5.94. The molecule has 0 N–H and O–H groups in total. The second kappa shape index (κ2) is 7.50. The van der Waals surface area contributed by atoms with Crippen molar-refractivity contribution < 1.29 is 19.0 Å². The van der Waals surface area contributed by atoms with Gasteiger partial charge in [-0.15, -0.1) is 0 Å². The van der Waals surface area contributed by atoms with Crippen LogP contribution in [0.2, 0.25) is 0 Å². The number of esters is 1. The van der Waals surface area contributed by atoms with Crippen LogP contribution in [-0.2, 0) is 14.3 Å². The number of carbonyl (C=O) groups is 1. The van der Waals surface area contributed by atoms with E-state index in [2.05, 4.69) is 6.58 Å². The smallest absolute Gasteiger partial charge is 0.330 e. The minimum Gasteiger partial charge on any atom is -0.497 e. The molecule has 18 heavy (non-hydrogen) atoms. The van der Waals surface area contributed by atoms with Crippen LogP contribution in [0.5, 0.6) is 5.75 Å². The summed E-state index contributed by atoms with van der Waals surface area (Å²) in [5, 5.41) is 0. The molecule has 0 aliphatic rings. The molecule has 1 aromatic rings. The van der Waals surface area contributed by atoms with E-state index in [1.807, 2.05) is 31.2 Å². The average Bonchev–Trinajstić information content (AvgIpc) is 2.43. The third kappa shape index (κ3) is 4.22. The first-order valence-corrected chi connectivity index (χ1v) is 5.76. The molecule has 0 saturated heterocycles. The van der Waals surface area contributed by atoms with E-state index in [1.165, 1.54) is 0 Å². The molecule has 98 valence electrons. The second-order valence-corrected chi connectivity index (χ2v) is 3.55. The monoisotopic (exact) mass is 250 g/mol. The summed E-state index contributed by atoms with van der Waals surface area (Å²) in [6.07, 6.45) is 0.863. The lowest BCUT2D eigenvalue weighted by molar-refractivity contribution is -0.142. The van der Waals surface area contributed by atoms with Gasteiger partial charge in [0.25, 0.3) is 0 Å². The normalized spacial score (nSPS) is 11.7. The Balaban J connectivity index is 2.69. The van der Waals surface area contributed by atoms with Gasteiger partial charge < -0.3 is 14.2 Å². The molecular formula is C14H18O4. The Morgan fingerprint density at radius 2 is 2.06 bits per heavy atom. The van der Waals surface area contributed by atoms with Crippen molar-refractivity contribution in [3.63, 3.8) is 0 Å². The first-order chi connectivity index (χ1) is 8.71. The van der Waals surface area contributed by atoms with Crippen molar-refractivity contribution in [1.29, 1.82) is 0 Å². The quantitative estimate of drug-likeness (QED) is 0.551. The van der Waals surface area contributed by atoms with Gasteiger partial charge in [-0.05, 0) is 24.6 Å². The lowest BCUT2D eigenvalue weighted by Gasteiger charge is -2.17. The summed E-state index contributed by atoms with van der Waals surface area (Å²) in [5.41, 5.74) is 0.939. The summed E-state index contributed by atoms with van der Waals surface area (Å²) >= 11 is 0. The van der Waals surface area contributed by atoms with Gasteiger partial charge in [0.15, 0.2) is 0 Å². The molecule has 0 fully saturated rings. The molecule has 0 saturated carbocycles. The van der Waals surface area contributed by atoms with E-state index >= 15 is 0 Å². The molecule has 4 nitrogen and oxygen atoms in total. The molecule has 0 spiro atoms. The summed E-state index contributed by atoms with van der Waals surface area (Å²) in [6, 6.07) is 7.47. The number of rotatable bonds is 7. The maximum absolute atomic E-state index is 11.0. The third-order valence-electron chi connectivity index (χ3n) is 2.40. The summed E-state index contributed by atoms with van der Waals surface area (Å²) in [7, 11) is 1.61. The fraction of sp³-hybridized carbons (Fsp3) is 0.357. The Bertz CT molecular complexity index is 383. The first-order valence-electron chi connectivity index (χ1n) is 5.76. The number of methoxy groups -OCH3 is 1. The molecule has 0 bridgehead atoms. The maximum Gasteiger partial charge on any atom is 0.330 e. The van der Waals surface area contributed by atoms with Gasteiger partial charge in [-0.1, -0.05) is 18.7 Å². The Labute approximate surface area is 107 Å². The van der Waals surface area contributed by atoms with Crippen LogP contribution in [-0.4, -0.2) is 26.3 Å². The predicted molar refractivity (Wildman–Crippen MR) is 68.5 cm³/mol. The highest BCUT2D eigenvalue weighted by Crippen LogP contribution is 2.21. The van der Waals surface area contributed by atoms with Crippen LogP contribution in [0.1, 0.15) is 18.6 Å². The highest BCUT2D eigenvalue weighted by molar-refractivity contribution is 5.81. The number of carbonyl (C=O) groups excluding carboxylic acids is 1. The Hall–Kier alpha value is -1.81. The van der Waals surface area contributed by atoms with E-state index in [0.717, 1.165) is 17.4 Å². The molecule has 1 rings (SSSR count). The van der Waals surface area contributed by atoms with E-state index in [9.17, 15) is 4.79 Å². The van der Waals surface area contributed by atoms with Crippen LogP contribution in [0.4, 0.5) is 0 Å². The second-order valence-electron chi connectivity index (χ2n) is 3.55. The van der Waals surface area contributed by atoms with Gasteiger partial charge in [0.05, 0.1) is 7.11 Å². The summed E-state index contributed by atoms with van der Waals surface area (Å²) in [5.74, 6) is 0.324. The number of hydrogen-bond acceptors (Lipinski definition) is 4. The van der Waals surface area contributed by atoms with Gasteiger partial charge in [-0.2, -0.15) is 0 Å². The molecule has 0 amide bonds. The van der Waals surface area contributed by atoms with E-state index in [0.29, 0.717) is 6.61 Å². The van der Waals surface area contributed by atoms with Crippen LogP contribution >= 0.6 is 0 Å². The van der Waals surface area contributed by atoms with E-state index in [4.69, 9.17) is 14.2 Å². The molecular weight excluding hydrogens is 232 g/mol. The minimum absolute atomic E-state index is 0.172. The minimum atomic E-state index is -0.451. The van der Waals surface area contributed by atoms with Crippen molar-refractivity contribution in [3.8, 4) is 5.75 Å². The standard InChI is InChI=1S/C14H18O4/c1-4-14(15)18-10-13(17-5-2)11-6-8-12(16-3)9-7-11/h4,6-9,13H,1,5,10H2,2-3H3. The summed E-state index contributed by atoms with van der Waals surface area (Å²) < 4.78 is 15.6. The van der Waals surface area contributed by atoms with Crippen molar-refractivity contribution in [2.75, 3.05) is 20.3 Å². The van der Waals surface area contributed by atoms with Gasteiger partial charge in [-0.25, -0.2) is 4.79 Å². The first kappa shape index (κ1) is 14.3. The highest BCUT2D eigenvalue weighted by Gasteiger charge is 2.13. The van der Waals surface area contributed by atoms with Crippen molar-refractivity contribution in [1.82, 2.24) is 0 Å². The molecule has 1 atom stereocenters. The molecule has 0 radical (unpaired) electrons. The lowest BCUT2D eigenvalue weighted by Crippen LogP contribution is -2.14. The molecule has 0 heterocycles. The van der Waals surface area contributed by atoms with Crippen LogP contribution < -0.4 is 4.74 Å². The number of ether oxygens (including phenoxy) is 3. The molecule has 0 aromatic heterocycles. The predicted octanol–water partition coefficient (Wildman–Crippen LogP) is 2.50. The lowest BCUT2D eigenvalue weighted by atomic mass is 10.1.